The second kappa shape index (κ2) is 34.7. The van der Waals surface area contributed by atoms with Gasteiger partial charge in [-0.25, -0.2) is 57.8 Å². The highest BCUT2D eigenvalue weighted by molar-refractivity contribution is 7.48. The number of halogens is 2. The van der Waals surface area contributed by atoms with Gasteiger partial charge in [0.25, 0.3) is 22.9 Å². The molecule has 14 heterocycles. The number of nitrogens with one attached hydrogen (secondary N) is 6. The van der Waals surface area contributed by atoms with Crippen LogP contribution in [0.2, 0.25) is 0 Å². The number of hydrogen-bond acceptors (Lipinski definition) is 37. The molecule has 0 radical (unpaired) electrons. The number of carbonyl (C=O) groups is 4. The number of alkyl halides is 2. The zero-order valence-electron chi connectivity index (χ0n) is 64.1. The van der Waals surface area contributed by atoms with Crippen LogP contribution in [0.3, 0.4) is 0 Å². The number of nitrogens with zero attached hydrogens (tertiary/aromatic N) is 16. The Kier molecular flexibility index (Phi) is 24.0. The summed E-state index contributed by atoms with van der Waals surface area (Å²) in [6.45, 7) is -0.0377. The molecule has 640 valence electrons. The normalized spacial score (nSPS) is 27.1. The van der Waals surface area contributed by atoms with E-state index in [1.165, 1.54) is 21.8 Å². The number of amides is 4. The number of aromatic amines is 2. The van der Waals surface area contributed by atoms with Gasteiger partial charge in [-0.3, -0.25) is 94.8 Å². The summed E-state index contributed by atoms with van der Waals surface area (Å²) in [6, 6.07) is 20.1. The molecule has 52 heteroatoms. The van der Waals surface area contributed by atoms with Gasteiger partial charge in [-0.2, -0.15) is 20.5 Å². The maximum atomic E-state index is 18.2. The second-order valence-electron chi connectivity index (χ2n) is 28.9. The quantitative estimate of drug-likeness (QED) is 0.0200. The highest BCUT2D eigenvalue weighted by atomic mass is 31.2. The Hall–Kier alpha value is -11.1. The van der Waals surface area contributed by atoms with Crippen molar-refractivity contribution in [3.05, 3.63) is 130 Å². The van der Waals surface area contributed by atoms with E-state index >= 15 is 22.5 Å². The van der Waals surface area contributed by atoms with Crippen molar-refractivity contribution in [3.63, 3.8) is 0 Å². The average molecular weight is 1750 g/mol. The highest BCUT2D eigenvalue weighted by Gasteiger charge is 2.67. The Balaban J connectivity index is 0.685. The highest BCUT2D eigenvalue weighted by Crippen LogP contribution is 2.61. The monoisotopic (exact) mass is 1750 g/mol. The van der Waals surface area contributed by atoms with E-state index in [0.29, 0.717) is 11.1 Å². The van der Waals surface area contributed by atoms with Crippen LogP contribution in [0.5, 0.6) is 0 Å². The molecule has 6 saturated heterocycles. The molecule has 8 aromatic heterocycles. The van der Waals surface area contributed by atoms with Crippen molar-refractivity contribution < 1.29 is 116 Å². The van der Waals surface area contributed by atoms with Gasteiger partial charge in [-0.1, -0.05) is 64.1 Å². The van der Waals surface area contributed by atoms with Gasteiger partial charge < -0.3 is 49.3 Å². The maximum absolute atomic E-state index is 18.2. The first-order chi connectivity index (χ1) is 58.7. The smallest absolute Gasteiger partial charge is 0.393 e. The van der Waals surface area contributed by atoms with Crippen LogP contribution in [-0.4, -0.2) is 237 Å². The summed E-state index contributed by atoms with van der Waals surface area (Å²) in [6.07, 6.45) is -20.8. The van der Waals surface area contributed by atoms with Gasteiger partial charge in [0.05, 0.1) is 103 Å². The number of carbonyl (C=O) groups excluding carboxylic acids is 4. The minimum atomic E-state index is -5.26. The number of H-pyrrole nitrogens is 2. The number of aromatic nitrogens is 16. The lowest BCUT2D eigenvalue weighted by Gasteiger charge is -2.30. The number of aliphatic hydroxyl groups excluding tert-OH is 2. The van der Waals surface area contributed by atoms with Gasteiger partial charge >= 0.3 is 23.9 Å². The SMILES string of the molecule is CC(C)C(=O)Nc1nc2c(ncn2[C@@H]2O[C@H](COP(=O)(OCCC#N)O[C@H]3[C@H]4OCC3(CO)O[C@H]4n3cnc4c(NC(=O)c5ccccc5)ncnc43)[C@@H](F)[C@H]2O[P+](=O)O[C@@H]2[C@H](F)[C@@H](COP(=O)(OCCC#N)O[C@H]3[C@H]4OCC3(CO)O[C@H]4n3cnc4c(NC(=O)c5ccccc5)ncnc43)O[C@H]2n2cnc3c(=O)[nH]c(NC(=O)C(C)C)nc32)c(=O)[nH]1. The van der Waals surface area contributed by atoms with E-state index in [-0.39, 0.29) is 34.0 Å². The molecule has 4 bridgehead atoms. The minimum Gasteiger partial charge on any atom is -0.393 e. The minimum absolute atomic E-state index is 0.00140. The lowest BCUT2D eigenvalue weighted by molar-refractivity contribution is -0.185. The average Bonchev–Trinajstić information content (AvgIpc) is 1.56. The van der Waals surface area contributed by atoms with Crippen molar-refractivity contribution in [1.29, 1.82) is 10.5 Å². The maximum Gasteiger partial charge on any atom is 0.698 e. The van der Waals surface area contributed by atoms with Gasteiger partial charge in [0.15, 0.2) is 106 Å². The van der Waals surface area contributed by atoms with Gasteiger partial charge in [0, 0.05) is 27.5 Å². The van der Waals surface area contributed by atoms with Crippen LogP contribution in [0, 0.1) is 34.5 Å². The summed E-state index contributed by atoms with van der Waals surface area (Å²) in [5, 5.41) is 51.7. The fraction of sp³-hybridized carbons (Fsp3) is 0.457. The number of fused-ring (bicyclic) bond motifs is 8. The molecule has 4 amide bonds. The summed E-state index contributed by atoms with van der Waals surface area (Å²) in [5.74, 6) is -4.51. The third kappa shape index (κ3) is 16.3. The molecule has 10 aromatic rings. The number of imidazole rings is 4. The van der Waals surface area contributed by atoms with Crippen molar-refractivity contribution in [2.24, 2.45) is 11.8 Å². The summed E-state index contributed by atoms with van der Waals surface area (Å²) in [7, 11) is -14.5. The number of rotatable bonds is 34. The van der Waals surface area contributed by atoms with Crippen LogP contribution >= 0.6 is 23.9 Å². The van der Waals surface area contributed by atoms with Crippen LogP contribution in [0.15, 0.2) is 108 Å². The van der Waals surface area contributed by atoms with Gasteiger partial charge in [-0.15, -0.1) is 9.05 Å². The first-order valence-electron chi connectivity index (χ1n) is 37.5. The molecule has 18 atom stereocenters. The first-order valence-corrected chi connectivity index (χ1v) is 41.5. The summed E-state index contributed by atoms with van der Waals surface area (Å²) in [4.78, 5) is 128. The third-order valence-corrected chi connectivity index (χ3v) is 24.1. The number of ether oxygens (including phenoxy) is 6. The van der Waals surface area contributed by atoms with Crippen molar-refractivity contribution in [2.45, 2.75) is 138 Å². The van der Waals surface area contributed by atoms with Crippen LogP contribution in [0.4, 0.5) is 32.3 Å². The number of benzene rings is 2. The third-order valence-electron chi connectivity index (χ3n) is 20.4. The second-order valence-corrected chi connectivity index (χ2v) is 33.0. The number of nitriles is 2. The fourth-order valence-electron chi connectivity index (χ4n) is 14.2. The largest absolute Gasteiger partial charge is 0.698 e. The van der Waals surface area contributed by atoms with E-state index < -0.39 is 268 Å². The van der Waals surface area contributed by atoms with E-state index in [9.17, 15) is 49.5 Å². The molecular formula is C70H72F2N22O25P3+. The Morgan fingerprint density at radius 2 is 0.951 bits per heavy atom. The molecule has 0 aliphatic carbocycles. The molecule has 6 aliphatic heterocycles. The summed E-state index contributed by atoms with van der Waals surface area (Å²) >= 11 is 0. The number of anilines is 4. The Bertz CT molecular complexity index is 5640. The zero-order chi connectivity index (χ0) is 85.7. The van der Waals surface area contributed by atoms with E-state index in [1.54, 1.807) is 88.4 Å². The standard InChI is InChI=1S/C70H71F2N22O25P3/c1-33(2)57(97)87-67-85-55-43(61(101)89-67)81-31-93(55)63-45(39(71)37(112-63)21-110-121(104,108-19-11-17-73)118-49-47-65(114-69(49,23-95)25-106-47)91-29-79-41-51(75-27-77-53(41)91)83-59(99)35-13-7-5-8-14-35)116-120(103)117-46-40(72)38(113-64(46)94-32-82-44-56(94)86-68(90-62(44)102)88-58(98)34(3)4)22-111-122(105,109-20-12-18-74)119-50-48-66(115-70(50,24-96)26-107-48)92-30-80-42-52(76-28-78-54(42)92)84-60(100)36-15-9-6-10-16-36/h5-10,13-16,27-34,37-40,45-50,63-66,95-96H,11-12,19-26H2,1-4H3,(H5-,75,76,77,78,83,84,85,86,87,88,89,90,97,98,99,100,101,102)/p+1/t37-,38-,39-,40-,45-,46-,47-,48-,49+,50+,63-,64-,65-,66-,69?,70?,121?,122?/m1/s1. The Morgan fingerprint density at radius 3 is 1.33 bits per heavy atom. The van der Waals surface area contributed by atoms with E-state index in [1.807, 2.05) is 12.1 Å². The molecular weight excluding hydrogens is 1680 g/mol. The Morgan fingerprint density at radius 1 is 0.566 bits per heavy atom. The first kappa shape index (κ1) is 84.5. The molecule has 2 aromatic carbocycles. The molecule has 4 unspecified atom stereocenters. The lowest BCUT2D eigenvalue weighted by Crippen LogP contribution is -2.45. The van der Waals surface area contributed by atoms with Gasteiger partial charge in [0.1, 0.15) is 60.5 Å². The lowest BCUT2D eigenvalue weighted by atomic mass is 10.0. The van der Waals surface area contributed by atoms with Crippen molar-refractivity contribution in [2.75, 3.05) is 74.1 Å². The molecule has 6 aliphatic rings. The zero-order valence-corrected chi connectivity index (χ0v) is 66.8. The fourth-order valence-corrected chi connectivity index (χ4v) is 18.0. The van der Waals surface area contributed by atoms with Crippen LogP contribution in [0.1, 0.15) is 86.2 Å². The number of aliphatic hydroxyl groups is 2. The van der Waals surface area contributed by atoms with Gasteiger partial charge in [-0.05, 0) is 24.3 Å². The summed E-state index contributed by atoms with van der Waals surface area (Å²) < 4.78 is 172. The van der Waals surface area contributed by atoms with Crippen LogP contribution in [0.25, 0.3) is 44.7 Å². The van der Waals surface area contributed by atoms with E-state index in [4.69, 9.17) is 64.6 Å². The number of phosphoric acid groups is 2. The topological polar surface area (TPSA) is 599 Å². The van der Waals surface area contributed by atoms with E-state index in [2.05, 4.69) is 81.1 Å². The molecule has 6 fully saturated rings. The summed E-state index contributed by atoms with van der Waals surface area (Å²) in [5.41, 5.74) is -6.46. The molecule has 122 heavy (non-hydrogen) atoms. The van der Waals surface area contributed by atoms with Crippen molar-refractivity contribution >= 4 is 116 Å². The van der Waals surface area contributed by atoms with Crippen LogP contribution in [-0.2, 0) is 87.9 Å². The predicted octanol–water partition coefficient (Wildman–Crippen LogP) is 4.72. The Labute approximate surface area is 684 Å². The molecule has 8 N–H and O–H groups in total. The predicted molar refractivity (Wildman–Crippen MR) is 406 cm³/mol. The van der Waals surface area contributed by atoms with Crippen molar-refractivity contribution in [3.8, 4) is 12.1 Å². The molecule has 0 saturated carbocycles. The number of phosphoric ester groups is 2. The van der Waals surface area contributed by atoms with Crippen molar-refractivity contribution in [1.82, 2.24) is 78.1 Å². The van der Waals surface area contributed by atoms with Gasteiger partial charge in [0.2, 0.25) is 23.7 Å². The van der Waals surface area contributed by atoms with E-state index in [0.717, 1.165) is 34.4 Å². The number of hydrogen-bond donors (Lipinski definition) is 8. The molecule has 0 spiro atoms. The molecule has 47 nitrogen and oxygen atoms in total. The molecule has 16 rings (SSSR count). The van der Waals surface area contributed by atoms with Crippen LogP contribution < -0.4 is 32.4 Å².